The van der Waals surface area contributed by atoms with Gasteiger partial charge >= 0.3 is 0 Å². The molecule has 0 N–H and O–H groups in total. The molecule has 0 aliphatic heterocycles. The maximum Gasteiger partial charge on any atom is 0.235 e. The quantitative estimate of drug-likeness (QED) is 0.583. The van der Waals surface area contributed by atoms with Gasteiger partial charge in [0.2, 0.25) is 6.08 Å². The van der Waals surface area contributed by atoms with Crippen LogP contribution in [0.3, 0.4) is 0 Å². The van der Waals surface area contributed by atoms with Crippen LogP contribution in [-0.2, 0) is 11.3 Å². The Morgan fingerprint density at radius 1 is 1.50 bits per heavy atom. The molecule has 4 heteroatoms. The van der Waals surface area contributed by atoms with Crippen molar-refractivity contribution in [2.45, 2.75) is 19.4 Å². The summed E-state index contributed by atoms with van der Waals surface area (Å²) in [5, 5.41) is 0.569. The number of isocyanates is 1. The molecule has 0 atom stereocenters. The van der Waals surface area contributed by atoms with Gasteiger partial charge in [-0.05, 0) is 36.5 Å². The SMILES string of the molecule is O=C=NCc1ccc(OCC2CC2)c(Cl)c1. The van der Waals surface area contributed by atoms with Gasteiger partial charge in [0, 0.05) is 0 Å². The Balaban J connectivity index is 1.99. The van der Waals surface area contributed by atoms with E-state index in [1.165, 1.54) is 18.9 Å². The third-order valence-corrected chi connectivity index (χ3v) is 2.79. The molecular weight excluding hydrogens is 226 g/mol. The van der Waals surface area contributed by atoms with Crippen LogP contribution in [-0.4, -0.2) is 12.7 Å². The Labute approximate surface area is 99.1 Å². The van der Waals surface area contributed by atoms with Crippen molar-refractivity contribution < 1.29 is 9.53 Å². The van der Waals surface area contributed by atoms with E-state index in [0.29, 0.717) is 23.2 Å². The fourth-order valence-electron chi connectivity index (χ4n) is 1.38. The van der Waals surface area contributed by atoms with Gasteiger partial charge in [0.1, 0.15) is 5.75 Å². The summed E-state index contributed by atoms with van der Waals surface area (Å²) in [4.78, 5) is 13.5. The zero-order valence-corrected chi connectivity index (χ0v) is 9.54. The lowest BCUT2D eigenvalue weighted by Gasteiger charge is -2.07. The predicted molar refractivity (Wildman–Crippen MR) is 61.5 cm³/mol. The summed E-state index contributed by atoms with van der Waals surface area (Å²) in [6.45, 7) is 1.05. The first-order chi connectivity index (χ1) is 7.79. The van der Waals surface area contributed by atoms with Crippen LogP contribution in [0.4, 0.5) is 0 Å². The van der Waals surface area contributed by atoms with Gasteiger partial charge in [-0.2, -0.15) is 0 Å². The Kier molecular flexibility index (Phi) is 3.60. The molecular formula is C12H12ClNO2. The van der Waals surface area contributed by atoms with E-state index in [-0.39, 0.29) is 0 Å². The van der Waals surface area contributed by atoms with Crippen LogP contribution >= 0.6 is 11.6 Å². The highest BCUT2D eigenvalue weighted by atomic mass is 35.5. The van der Waals surface area contributed by atoms with Crippen LogP contribution in [0.2, 0.25) is 5.02 Å². The second-order valence-corrected chi connectivity index (χ2v) is 4.33. The molecule has 0 bridgehead atoms. The first kappa shape index (κ1) is 11.2. The number of ether oxygens (including phenoxy) is 1. The molecule has 0 aromatic heterocycles. The summed E-state index contributed by atoms with van der Waals surface area (Å²) in [5.41, 5.74) is 0.882. The van der Waals surface area contributed by atoms with E-state index in [0.717, 1.165) is 12.2 Å². The maximum atomic E-state index is 9.97. The maximum absolute atomic E-state index is 9.97. The van der Waals surface area contributed by atoms with Gasteiger partial charge in [0.25, 0.3) is 0 Å². The van der Waals surface area contributed by atoms with E-state index < -0.39 is 0 Å². The van der Waals surface area contributed by atoms with Crippen molar-refractivity contribution in [3.8, 4) is 5.75 Å². The second kappa shape index (κ2) is 5.15. The van der Waals surface area contributed by atoms with Crippen LogP contribution < -0.4 is 4.74 Å². The van der Waals surface area contributed by atoms with Crippen LogP contribution in [0.25, 0.3) is 0 Å². The summed E-state index contributed by atoms with van der Waals surface area (Å²) in [6, 6.07) is 5.44. The average Bonchev–Trinajstić information content (AvgIpc) is 3.09. The Morgan fingerprint density at radius 3 is 2.94 bits per heavy atom. The molecule has 2 rings (SSSR count). The number of hydrogen-bond acceptors (Lipinski definition) is 3. The minimum Gasteiger partial charge on any atom is -0.492 e. The summed E-state index contributed by atoms with van der Waals surface area (Å²) >= 11 is 6.05. The lowest BCUT2D eigenvalue weighted by Crippen LogP contribution is -1.99. The van der Waals surface area contributed by atoms with Crippen LogP contribution in [0, 0.1) is 5.92 Å². The standard InChI is InChI=1S/C12H12ClNO2/c13-11-5-10(6-14-8-15)3-4-12(11)16-7-9-1-2-9/h3-5,9H,1-2,6-7H2. The van der Waals surface area contributed by atoms with Gasteiger partial charge < -0.3 is 4.74 Å². The Bertz CT molecular complexity index is 423. The Morgan fingerprint density at radius 2 is 2.31 bits per heavy atom. The molecule has 0 saturated heterocycles. The molecule has 3 nitrogen and oxygen atoms in total. The van der Waals surface area contributed by atoms with E-state index in [9.17, 15) is 4.79 Å². The molecule has 1 aliphatic carbocycles. The predicted octanol–water partition coefficient (Wildman–Crippen LogP) is 2.96. The third-order valence-electron chi connectivity index (χ3n) is 2.49. The molecule has 0 spiro atoms. The van der Waals surface area contributed by atoms with Crippen molar-refractivity contribution in [1.29, 1.82) is 0 Å². The van der Waals surface area contributed by atoms with E-state index in [1.54, 1.807) is 6.07 Å². The second-order valence-electron chi connectivity index (χ2n) is 3.93. The number of benzene rings is 1. The van der Waals surface area contributed by atoms with E-state index in [4.69, 9.17) is 16.3 Å². The monoisotopic (exact) mass is 237 g/mol. The summed E-state index contributed by atoms with van der Waals surface area (Å²) in [5.74, 6) is 1.41. The topological polar surface area (TPSA) is 38.7 Å². The van der Waals surface area contributed by atoms with Crippen molar-refractivity contribution in [3.63, 3.8) is 0 Å². The normalized spacial score (nSPS) is 14.3. The van der Waals surface area contributed by atoms with E-state index in [1.807, 2.05) is 12.1 Å². The van der Waals surface area contributed by atoms with Crippen LogP contribution in [0.5, 0.6) is 5.75 Å². The van der Waals surface area contributed by atoms with Gasteiger partial charge in [0.05, 0.1) is 18.2 Å². The third kappa shape index (κ3) is 3.09. The minimum absolute atomic E-state index is 0.312. The van der Waals surface area contributed by atoms with Crippen LogP contribution in [0.1, 0.15) is 18.4 Å². The van der Waals surface area contributed by atoms with E-state index >= 15 is 0 Å². The number of hydrogen-bond donors (Lipinski definition) is 0. The highest BCUT2D eigenvalue weighted by Crippen LogP contribution is 2.32. The molecule has 1 fully saturated rings. The molecule has 16 heavy (non-hydrogen) atoms. The smallest absolute Gasteiger partial charge is 0.235 e. The van der Waals surface area contributed by atoms with Crippen molar-refractivity contribution in [2.24, 2.45) is 10.9 Å². The van der Waals surface area contributed by atoms with Gasteiger partial charge in [0.15, 0.2) is 0 Å². The number of carbonyl (C=O) groups excluding carboxylic acids is 1. The molecule has 84 valence electrons. The van der Waals surface area contributed by atoms with Crippen molar-refractivity contribution >= 4 is 17.7 Å². The van der Waals surface area contributed by atoms with Gasteiger partial charge in [-0.3, -0.25) is 0 Å². The number of nitrogens with zero attached hydrogens (tertiary/aromatic N) is 1. The largest absolute Gasteiger partial charge is 0.492 e. The van der Waals surface area contributed by atoms with Crippen LogP contribution in [0.15, 0.2) is 23.2 Å². The highest BCUT2D eigenvalue weighted by molar-refractivity contribution is 6.32. The summed E-state index contributed by atoms with van der Waals surface area (Å²) in [7, 11) is 0. The van der Waals surface area contributed by atoms with Gasteiger partial charge in [-0.25, -0.2) is 9.79 Å². The zero-order valence-electron chi connectivity index (χ0n) is 8.78. The molecule has 1 aliphatic rings. The Hall–Kier alpha value is -1.31. The fourth-order valence-corrected chi connectivity index (χ4v) is 1.63. The molecule has 0 amide bonds. The number of halogens is 1. The average molecular weight is 238 g/mol. The van der Waals surface area contributed by atoms with E-state index in [2.05, 4.69) is 4.99 Å². The molecule has 1 saturated carbocycles. The molecule has 1 aromatic rings. The first-order valence-corrected chi connectivity index (χ1v) is 5.62. The van der Waals surface area contributed by atoms with Crippen molar-refractivity contribution in [2.75, 3.05) is 6.61 Å². The molecule has 0 radical (unpaired) electrons. The highest BCUT2D eigenvalue weighted by Gasteiger charge is 2.22. The first-order valence-electron chi connectivity index (χ1n) is 5.24. The van der Waals surface area contributed by atoms with Crippen molar-refractivity contribution in [3.05, 3.63) is 28.8 Å². The number of rotatable bonds is 5. The molecule has 0 heterocycles. The zero-order chi connectivity index (χ0) is 11.4. The van der Waals surface area contributed by atoms with Crippen molar-refractivity contribution in [1.82, 2.24) is 0 Å². The lowest BCUT2D eigenvalue weighted by atomic mass is 10.2. The summed E-state index contributed by atoms with van der Waals surface area (Å²) in [6.07, 6.45) is 4.01. The van der Waals surface area contributed by atoms with Gasteiger partial charge in [-0.15, -0.1) is 0 Å². The fraction of sp³-hybridized carbons (Fsp3) is 0.417. The number of aliphatic imine (C=N–C) groups is 1. The lowest BCUT2D eigenvalue weighted by molar-refractivity contribution is 0.300. The summed E-state index contributed by atoms with van der Waals surface area (Å²) < 4.78 is 5.58. The van der Waals surface area contributed by atoms with Gasteiger partial charge in [-0.1, -0.05) is 17.7 Å². The molecule has 0 unspecified atom stereocenters. The minimum atomic E-state index is 0.312. The molecule has 1 aromatic carbocycles.